The molecule has 1 aromatic heterocycles. The van der Waals surface area contributed by atoms with Gasteiger partial charge in [0.1, 0.15) is 5.78 Å². The smallest absolute Gasteiger partial charge is 0.133 e. The fourth-order valence-corrected chi connectivity index (χ4v) is 2.93. The first kappa shape index (κ1) is 10.7. The van der Waals surface area contributed by atoms with Crippen molar-refractivity contribution in [2.24, 2.45) is 11.8 Å². The Hall–Kier alpha value is -0.770. The summed E-state index contributed by atoms with van der Waals surface area (Å²) >= 11 is 1.39. The van der Waals surface area contributed by atoms with Gasteiger partial charge >= 0.3 is 0 Å². The summed E-state index contributed by atoms with van der Waals surface area (Å²) in [4.78, 5) is 11.4. The number of carbonyl (C=O) groups excluding carboxylic acids is 1. The van der Waals surface area contributed by atoms with Gasteiger partial charge in [0.2, 0.25) is 0 Å². The molecular weight excluding hydrogens is 208 g/mol. The van der Waals surface area contributed by atoms with Gasteiger partial charge in [0.05, 0.1) is 5.69 Å². The van der Waals surface area contributed by atoms with Gasteiger partial charge in [-0.1, -0.05) is 17.8 Å². The van der Waals surface area contributed by atoms with Crippen LogP contribution in [0.25, 0.3) is 0 Å². The van der Waals surface area contributed by atoms with E-state index in [0.29, 0.717) is 17.6 Å². The predicted molar refractivity (Wildman–Crippen MR) is 59.7 cm³/mol. The van der Waals surface area contributed by atoms with Gasteiger partial charge in [0.15, 0.2) is 0 Å². The minimum atomic E-state index is 0.424. The average molecular weight is 224 g/mol. The number of nitrogens with zero attached hydrogens (tertiary/aromatic N) is 2. The highest BCUT2D eigenvalue weighted by atomic mass is 32.1. The average Bonchev–Trinajstić information content (AvgIpc) is 2.71. The fourth-order valence-electron chi connectivity index (χ4n) is 2.46. The quantitative estimate of drug-likeness (QED) is 0.792. The third kappa shape index (κ3) is 2.62. The molecule has 0 bridgehead atoms. The van der Waals surface area contributed by atoms with Crippen molar-refractivity contribution >= 4 is 17.3 Å². The van der Waals surface area contributed by atoms with E-state index in [-0.39, 0.29) is 0 Å². The zero-order valence-corrected chi connectivity index (χ0v) is 9.80. The molecule has 82 valence electrons. The molecule has 0 amide bonds. The summed E-state index contributed by atoms with van der Waals surface area (Å²) in [5, 5.41) is 6.05. The molecule has 4 heteroatoms. The van der Waals surface area contributed by atoms with Crippen molar-refractivity contribution in [1.82, 2.24) is 9.59 Å². The molecule has 0 spiro atoms. The van der Waals surface area contributed by atoms with Crippen LogP contribution in [0.2, 0.25) is 0 Å². The zero-order valence-electron chi connectivity index (χ0n) is 8.98. The SMILES string of the molecule is CCC1CCC(=O)CC1Cc1csnn1. The van der Waals surface area contributed by atoms with E-state index in [1.54, 1.807) is 0 Å². The number of rotatable bonds is 3. The summed E-state index contributed by atoms with van der Waals surface area (Å²) in [6, 6.07) is 0. The van der Waals surface area contributed by atoms with Crippen LogP contribution in [-0.4, -0.2) is 15.4 Å². The second-order valence-corrected chi connectivity index (χ2v) is 4.92. The molecule has 1 aliphatic carbocycles. The molecule has 0 radical (unpaired) electrons. The van der Waals surface area contributed by atoms with Crippen LogP contribution in [0.15, 0.2) is 5.38 Å². The van der Waals surface area contributed by atoms with Gasteiger partial charge in [-0.2, -0.15) is 0 Å². The van der Waals surface area contributed by atoms with Crippen LogP contribution in [0.3, 0.4) is 0 Å². The molecule has 0 aliphatic heterocycles. The summed E-state index contributed by atoms with van der Waals surface area (Å²) in [6.07, 6.45) is 4.70. The van der Waals surface area contributed by atoms with Crippen LogP contribution in [0.4, 0.5) is 0 Å². The minimum absolute atomic E-state index is 0.424. The molecule has 3 nitrogen and oxygen atoms in total. The van der Waals surface area contributed by atoms with E-state index in [0.717, 1.165) is 31.4 Å². The van der Waals surface area contributed by atoms with Gasteiger partial charge in [0.25, 0.3) is 0 Å². The Bertz CT molecular complexity index is 323. The standard InChI is InChI=1S/C11H16N2OS/c1-2-8-3-4-11(14)6-9(8)5-10-7-15-13-12-10/h7-9H,2-6H2,1H3. The lowest BCUT2D eigenvalue weighted by molar-refractivity contribution is -0.122. The molecule has 0 N–H and O–H groups in total. The predicted octanol–water partition coefficient (Wildman–Crippen LogP) is 2.48. The maximum absolute atomic E-state index is 11.4. The van der Waals surface area contributed by atoms with Gasteiger partial charge in [0, 0.05) is 18.2 Å². The Morgan fingerprint density at radius 1 is 1.53 bits per heavy atom. The molecule has 0 aromatic carbocycles. The van der Waals surface area contributed by atoms with Gasteiger partial charge in [-0.05, 0) is 36.2 Å². The largest absolute Gasteiger partial charge is 0.300 e. The van der Waals surface area contributed by atoms with Gasteiger partial charge in [-0.3, -0.25) is 4.79 Å². The summed E-state index contributed by atoms with van der Waals surface area (Å²) in [5.41, 5.74) is 1.05. The van der Waals surface area contributed by atoms with Crippen molar-refractivity contribution in [3.05, 3.63) is 11.1 Å². The molecule has 1 aromatic rings. The van der Waals surface area contributed by atoms with Crippen molar-refractivity contribution in [3.63, 3.8) is 0 Å². The number of Topliss-reactive ketones (excluding diaryl/α,β-unsaturated/α-hetero) is 1. The van der Waals surface area contributed by atoms with Crippen molar-refractivity contribution < 1.29 is 4.79 Å². The number of ketones is 1. The zero-order chi connectivity index (χ0) is 10.7. The van der Waals surface area contributed by atoms with Crippen LogP contribution < -0.4 is 0 Å². The molecule has 1 saturated carbocycles. The van der Waals surface area contributed by atoms with Crippen molar-refractivity contribution in [1.29, 1.82) is 0 Å². The molecule has 2 atom stereocenters. The highest BCUT2D eigenvalue weighted by Crippen LogP contribution is 2.32. The van der Waals surface area contributed by atoms with Crippen LogP contribution in [0, 0.1) is 11.8 Å². The summed E-state index contributed by atoms with van der Waals surface area (Å²) < 4.78 is 3.86. The minimum Gasteiger partial charge on any atom is -0.300 e. The second kappa shape index (κ2) is 4.84. The lowest BCUT2D eigenvalue weighted by Gasteiger charge is -2.29. The Morgan fingerprint density at radius 2 is 2.40 bits per heavy atom. The first-order valence-electron chi connectivity index (χ1n) is 5.57. The number of carbonyl (C=O) groups is 1. The number of hydrogen-bond acceptors (Lipinski definition) is 4. The first-order chi connectivity index (χ1) is 7.29. The topological polar surface area (TPSA) is 42.9 Å². The summed E-state index contributed by atoms with van der Waals surface area (Å²) in [5.74, 6) is 1.62. The Labute approximate surface area is 94.1 Å². The number of hydrogen-bond donors (Lipinski definition) is 0. The maximum atomic E-state index is 11.4. The highest BCUT2D eigenvalue weighted by molar-refractivity contribution is 7.03. The molecule has 0 saturated heterocycles. The lowest BCUT2D eigenvalue weighted by Crippen LogP contribution is -2.26. The number of aromatic nitrogens is 2. The molecule has 15 heavy (non-hydrogen) atoms. The van der Waals surface area contributed by atoms with E-state index in [1.807, 2.05) is 5.38 Å². The molecular formula is C11H16N2OS. The normalized spacial score (nSPS) is 26.9. The Kier molecular flexibility index (Phi) is 3.46. The van der Waals surface area contributed by atoms with E-state index >= 15 is 0 Å². The Morgan fingerprint density at radius 3 is 3.07 bits per heavy atom. The Balaban J connectivity index is 2.01. The van der Waals surface area contributed by atoms with Gasteiger partial charge in [-0.25, -0.2) is 0 Å². The fraction of sp³-hybridized carbons (Fsp3) is 0.727. The maximum Gasteiger partial charge on any atom is 0.133 e. The monoisotopic (exact) mass is 224 g/mol. The van der Waals surface area contributed by atoms with Crippen LogP contribution in [-0.2, 0) is 11.2 Å². The van der Waals surface area contributed by atoms with E-state index in [4.69, 9.17) is 0 Å². The molecule has 1 heterocycles. The van der Waals surface area contributed by atoms with Gasteiger partial charge < -0.3 is 0 Å². The van der Waals surface area contributed by atoms with Crippen LogP contribution in [0.1, 0.15) is 38.3 Å². The second-order valence-electron chi connectivity index (χ2n) is 4.31. The molecule has 2 unspecified atom stereocenters. The van der Waals surface area contributed by atoms with Gasteiger partial charge in [-0.15, -0.1) is 5.10 Å². The van der Waals surface area contributed by atoms with Crippen molar-refractivity contribution in [2.45, 2.75) is 39.0 Å². The third-order valence-corrected chi connectivity index (χ3v) is 3.90. The third-order valence-electron chi connectivity index (χ3n) is 3.35. The van der Waals surface area contributed by atoms with Crippen molar-refractivity contribution in [2.75, 3.05) is 0 Å². The van der Waals surface area contributed by atoms with Crippen LogP contribution in [0.5, 0.6) is 0 Å². The van der Waals surface area contributed by atoms with E-state index in [2.05, 4.69) is 16.5 Å². The summed E-state index contributed by atoms with van der Waals surface area (Å²) in [7, 11) is 0. The molecule has 1 fully saturated rings. The lowest BCUT2D eigenvalue weighted by atomic mass is 9.75. The van der Waals surface area contributed by atoms with E-state index in [1.165, 1.54) is 18.0 Å². The highest BCUT2D eigenvalue weighted by Gasteiger charge is 2.28. The molecule has 1 aliphatic rings. The van der Waals surface area contributed by atoms with Crippen LogP contribution >= 0.6 is 11.5 Å². The van der Waals surface area contributed by atoms with E-state index < -0.39 is 0 Å². The van der Waals surface area contributed by atoms with Crippen molar-refractivity contribution in [3.8, 4) is 0 Å². The first-order valence-corrected chi connectivity index (χ1v) is 6.41. The summed E-state index contributed by atoms with van der Waals surface area (Å²) in [6.45, 7) is 2.22. The van der Waals surface area contributed by atoms with E-state index in [9.17, 15) is 4.79 Å². The molecule has 2 rings (SSSR count).